The van der Waals surface area contributed by atoms with Gasteiger partial charge in [0, 0.05) is 44.1 Å². The molecule has 0 aromatic carbocycles. The first-order chi connectivity index (χ1) is 11.6. The molecule has 1 N–H and O–H groups in total. The summed E-state index contributed by atoms with van der Waals surface area (Å²) in [5.41, 5.74) is 4.29. The van der Waals surface area contributed by atoms with Crippen molar-refractivity contribution in [2.24, 2.45) is 7.05 Å². The Morgan fingerprint density at radius 1 is 1.42 bits per heavy atom. The van der Waals surface area contributed by atoms with Gasteiger partial charge in [0.1, 0.15) is 5.60 Å². The first kappa shape index (κ1) is 15.6. The summed E-state index contributed by atoms with van der Waals surface area (Å²) < 4.78 is 8.26. The van der Waals surface area contributed by atoms with Gasteiger partial charge in [-0.25, -0.2) is 0 Å². The maximum Gasteiger partial charge on any atom is 0.161 e. The lowest BCUT2D eigenvalue weighted by Gasteiger charge is -2.43. The molecule has 0 radical (unpaired) electrons. The van der Waals surface area contributed by atoms with E-state index in [0.29, 0.717) is 0 Å². The number of nitrogens with zero attached hydrogens (tertiary/aromatic N) is 3. The van der Waals surface area contributed by atoms with Crippen molar-refractivity contribution in [2.75, 3.05) is 19.7 Å². The van der Waals surface area contributed by atoms with E-state index in [9.17, 15) is 4.79 Å². The average Bonchev–Trinajstić information content (AvgIpc) is 3.18. The minimum atomic E-state index is -0.181. The molecule has 0 bridgehead atoms. The fourth-order valence-corrected chi connectivity index (χ4v) is 3.98. The maximum atomic E-state index is 11.5. The molecule has 2 aliphatic heterocycles. The van der Waals surface area contributed by atoms with Crippen molar-refractivity contribution < 1.29 is 9.53 Å². The monoisotopic (exact) mass is 328 g/mol. The molecule has 128 valence electrons. The van der Waals surface area contributed by atoms with E-state index in [4.69, 9.17) is 4.74 Å². The normalized spacial score (nSPS) is 20.2. The molecule has 2 aliphatic rings. The second kappa shape index (κ2) is 5.86. The van der Waals surface area contributed by atoms with Gasteiger partial charge in [0.05, 0.1) is 18.5 Å². The summed E-state index contributed by atoms with van der Waals surface area (Å²) in [6.45, 7) is 5.24. The van der Waals surface area contributed by atoms with Gasteiger partial charge in [0.2, 0.25) is 0 Å². The molecule has 0 aliphatic carbocycles. The third kappa shape index (κ3) is 2.59. The van der Waals surface area contributed by atoms with Gasteiger partial charge < -0.3 is 9.30 Å². The van der Waals surface area contributed by atoms with Crippen LogP contribution in [0.2, 0.25) is 0 Å². The number of Topliss-reactive ketones (excluding diaryl/α,β-unsaturated/α-hetero) is 1. The number of hydrogen-bond donors (Lipinski definition) is 1. The van der Waals surface area contributed by atoms with E-state index >= 15 is 0 Å². The number of aryl methyl sites for hydroxylation is 1. The van der Waals surface area contributed by atoms with Crippen LogP contribution in [0.1, 0.15) is 47.1 Å². The quantitative estimate of drug-likeness (QED) is 0.876. The lowest BCUT2D eigenvalue weighted by Crippen LogP contribution is -2.46. The largest absolute Gasteiger partial charge is 0.368 e. The summed E-state index contributed by atoms with van der Waals surface area (Å²) in [5, 5.41) is 7.39. The number of nitrogens with one attached hydrogen (secondary N) is 1. The number of fused-ring (bicyclic) bond motifs is 2. The minimum Gasteiger partial charge on any atom is -0.368 e. The van der Waals surface area contributed by atoms with Gasteiger partial charge >= 0.3 is 0 Å². The molecule has 2 aromatic heterocycles. The van der Waals surface area contributed by atoms with Gasteiger partial charge in [0.15, 0.2) is 5.78 Å². The lowest BCUT2D eigenvalue weighted by molar-refractivity contribution is -0.102. The highest BCUT2D eigenvalue weighted by molar-refractivity contribution is 5.94. The van der Waals surface area contributed by atoms with E-state index in [-0.39, 0.29) is 11.4 Å². The number of piperidine rings is 1. The Balaban J connectivity index is 1.45. The maximum absolute atomic E-state index is 11.5. The number of ether oxygens (including phenoxy) is 1. The van der Waals surface area contributed by atoms with E-state index in [2.05, 4.69) is 19.7 Å². The number of ketones is 1. The van der Waals surface area contributed by atoms with Crippen molar-refractivity contribution in [3.8, 4) is 0 Å². The van der Waals surface area contributed by atoms with E-state index in [1.54, 1.807) is 6.92 Å². The van der Waals surface area contributed by atoms with Crippen molar-refractivity contribution in [1.82, 2.24) is 19.7 Å². The zero-order valence-corrected chi connectivity index (χ0v) is 14.3. The summed E-state index contributed by atoms with van der Waals surface area (Å²) in [6.07, 6.45) is 6.77. The van der Waals surface area contributed by atoms with E-state index < -0.39 is 0 Å². The third-order valence-electron chi connectivity index (χ3n) is 5.49. The van der Waals surface area contributed by atoms with Crippen molar-refractivity contribution in [1.29, 1.82) is 0 Å². The van der Waals surface area contributed by atoms with E-state index in [1.807, 2.05) is 25.5 Å². The molecule has 1 saturated heterocycles. The second-order valence-electron chi connectivity index (χ2n) is 7.03. The zero-order chi connectivity index (χ0) is 16.7. The van der Waals surface area contributed by atoms with Crippen LogP contribution < -0.4 is 0 Å². The Morgan fingerprint density at radius 2 is 2.21 bits per heavy atom. The topological polar surface area (TPSA) is 63.2 Å². The number of H-pyrrole nitrogens is 1. The Hall–Kier alpha value is -1.92. The van der Waals surface area contributed by atoms with Crippen LogP contribution >= 0.6 is 0 Å². The number of carbonyl (C=O) groups is 1. The predicted octanol–water partition coefficient (Wildman–Crippen LogP) is 2.01. The molecule has 0 amide bonds. The first-order valence-corrected chi connectivity index (χ1v) is 8.63. The SMILES string of the molecule is CC(=O)c1cc(CN2CCC3(CC2)OCCc2cn[nH]c23)n(C)c1. The van der Waals surface area contributed by atoms with Crippen molar-refractivity contribution in [2.45, 2.75) is 38.3 Å². The second-order valence-corrected chi connectivity index (χ2v) is 7.03. The molecule has 2 aromatic rings. The van der Waals surface area contributed by atoms with Crippen LogP contribution in [-0.4, -0.2) is 45.1 Å². The molecule has 6 nitrogen and oxygen atoms in total. The van der Waals surface area contributed by atoms with Gasteiger partial charge in [-0.3, -0.25) is 14.8 Å². The third-order valence-corrected chi connectivity index (χ3v) is 5.49. The Morgan fingerprint density at radius 3 is 2.92 bits per heavy atom. The summed E-state index contributed by atoms with van der Waals surface area (Å²) >= 11 is 0. The smallest absolute Gasteiger partial charge is 0.161 e. The van der Waals surface area contributed by atoms with Gasteiger partial charge in [-0.05, 0) is 37.8 Å². The molecule has 0 saturated carbocycles. The van der Waals surface area contributed by atoms with Crippen molar-refractivity contribution >= 4 is 5.78 Å². The van der Waals surface area contributed by atoms with Crippen LogP contribution in [0.25, 0.3) is 0 Å². The molecular formula is C18H24N4O2. The van der Waals surface area contributed by atoms with Crippen LogP contribution in [-0.2, 0) is 30.4 Å². The Kier molecular flexibility index (Phi) is 3.81. The average molecular weight is 328 g/mol. The molecule has 1 spiro atoms. The van der Waals surface area contributed by atoms with Crippen LogP contribution in [0.3, 0.4) is 0 Å². The standard InChI is InChI=1S/C18H24N4O2/c1-13(23)15-9-16(21(2)11-15)12-22-6-4-18(5-7-22)17-14(3-8-24-18)10-19-20-17/h9-11H,3-8,12H2,1-2H3,(H,19,20). The van der Waals surface area contributed by atoms with E-state index in [1.165, 1.54) is 17.0 Å². The van der Waals surface area contributed by atoms with Gasteiger partial charge in [-0.15, -0.1) is 0 Å². The van der Waals surface area contributed by atoms with Gasteiger partial charge in [-0.2, -0.15) is 5.10 Å². The van der Waals surface area contributed by atoms with Crippen molar-refractivity contribution in [3.63, 3.8) is 0 Å². The van der Waals surface area contributed by atoms with Gasteiger partial charge in [0.25, 0.3) is 0 Å². The number of rotatable bonds is 3. The van der Waals surface area contributed by atoms with Crippen LogP contribution in [0.15, 0.2) is 18.5 Å². The number of carbonyl (C=O) groups excluding carboxylic acids is 1. The van der Waals surface area contributed by atoms with E-state index in [0.717, 1.165) is 51.1 Å². The Labute approximate surface area is 141 Å². The molecule has 24 heavy (non-hydrogen) atoms. The van der Waals surface area contributed by atoms with Crippen LogP contribution in [0.4, 0.5) is 0 Å². The predicted molar refractivity (Wildman–Crippen MR) is 89.9 cm³/mol. The molecule has 6 heteroatoms. The summed E-state index contributed by atoms with van der Waals surface area (Å²) in [5.74, 6) is 0.122. The van der Waals surface area contributed by atoms with Crippen molar-refractivity contribution in [3.05, 3.63) is 41.0 Å². The fourth-order valence-electron chi connectivity index (χ4n) is 3.98. The van der Waals surface area contributed by atoms with Crippen LogP contribution in [0, 0.1) is 0 Å². The lowest BCUT2D eigenvalue weighted by atomic mass is 9.84. The highest BCUT2D eigenvalue weighted by Crippen LogP contribution is 2.40. The highest BCUT2D eigenvalue weighted by atomic mass is 16.5. The molecule has 4 rings (SSSR count). The minimum absolute atomic E-state index is 0.122. The molecule has 0 unspecified atom stereocenters. The molecule has 1 fully saturated rings. The number of hydrogen-bond acceptors (Lipinski definition) is 4. The summed E-state index contributed by atoms with van der Waals surface area (Å²) in [7, 11) is 2.01. The van der Waals surface area contributed by atoms with Gasteiger partial charge in [-0.1, -0.05) is 0 Å². The highest BCUT2D eigenvalue weighted by Gasteiger charge is 2.42. The number of aromatic amines is 1. The molecule has 4 heterocycles. The Bertz CT molecular complexity index is 753. The first-order valence-electron chi connectivity index (χ1n) is 8.63. The number of likely N-dealkylation sites (tertiary alicyclic amines) is 1. The summed E-state index contributed by atoms with van der Waals surface area (Å²) in [6, 6.07) is 2.01. The molecular weight excluding hydrogens is 304 g/mol. The zero-order valence-electron chi connectivity index (χ0n) is 14.3. The van der Waals surface area contributed by atoms with Crippen LogP contribution in [0.5, 0.6) is 0 Å². The molecule has 0 atom stereocenters. The fraction of sp³-hybridized carbons (Fsp3) is 0.556. The summed E-state index contributed by atoms with van der Waals surface area (Å²) in [4.78, 5) is 14.0. The number of aromatic nitrogens is 3.